The summed E-state index contributed by atoms with van der Waals surface area (Å²) in [7, 11) is 0. The Balaban J connectivity index is 2.72. The SMILES string of the molecule is CC(C)(C)c1ccc(C(C#N)NCCC(=O)O)cc1. The molecule has 0 amide bonds. The van der Waals surface area contributed by atoms with Gasteiger partial charge in [-0.2, -0.15) is 5.26 Å². The third-order valence-electron chi connectivity index (χ3n) is 2.93. The van der Waals surface area contributed by atoms with Gasteiger partial charge >= 0.3 is 5.97 Å². The van der Waals surface area contributed by atoms with Crippen molar-refractivity contribution in [3.8, 4) is 6.07 Å². The quantitative estimate of drug-likeness (QED) is 0.853. The summed E-state index contributed by atoms with van der Waals surface area (Å²) in [5, 5.41) is 20.6. The fourth-order valence-electron chi connectivity index (χ4n) is 1.74. The average Bonchev–Trinajstić information content (AvgIpc) is 2.33. The number of nitrogens with zero attached hydrogens (tertiary/aromatic N) is 1. The summed E-state index contributed by atoms with van der Waals surface area (Å²) in [5.41, 5.74) is 2.15. The first-order chi connectivity index (χ1) is 8.84. The van der Waals surface area contributed by atoms with E-state index in [1.165, 1.54) is 5.56 Å². The number of rotatable bonds is 5. The minimum absolute atomic E-state index is 0.0122. The van der Waals surface area contributed by atoms with E-state index in [0.29, 0.717) is 0 Å². The molecule has 0 heterocycles. The van der Waals surface area contributed by atoms with Crippen LogP contribution in [0.3, 0.4) is 0 Å². The number of aliphatic carboxylic acids is 1. The van der Waals surface area contributed by atoms with E-state index >= 15 is 0 Å². The van der Waals surface area contributed by atoms with Crippen LogP contribution in [-0.4, -0.2) is 17.6 Å². The highest BCUT2D eigenvalue weighted by Gasteiger charge is 2.15. The van der Waals surface area contributed by atoms with Crippen LogP contribution in [0.5, 0.6) is 0 Å². The van der Waals surface area contributed by atoms with Gasteiger partial charge in [-0.15, -0.1) is 0 Å². The van der Waals surface area contributed by atoms with Crippen LogP contribution in [0.4, 0.5) is 0 Å². The van der Waals surface area contributed by atoms with Gasteiger partial charge in [-0.25, -0.2) is 0 Å². The lowest BCUT2D eigenvalue weighted by atomic mass is 9.86. The maximum absolute atomic E-state index is 10.4. The van der Waals surface area contributed by atoms with Gasteiger partial charge in [0.25, 0.3) is 0 Å². The van der Waals surface area contributed by atoms with Crippen molar-refractivity contribution < 1.29 is 9.90 Å². The van der Waals surface area contributed by atoms with Gasteiger partial charge in [0.2, 0.25) is 0 Å². The standard InChI is InChI=1S/C15H20N2O2/c1-15(2,3)12-6-4-11(5-7-12)13(10-16)17-9-8-14(18)19/h4-7,13,17H,8-9H2,1-3H3,(H,18,19). The van der Waals surface area contributed by atoms with Crippen LogP contribution >= 0.6 is 0 Å². The molecule has 1 rings (SSSR count). The predicted molar refractivity (Wildman–Crippen MR) is 73.8 cm³/mol. The summed E-state index contributed by atoms with van der Waals surface area (Å²) in [4.78, 5) is 10.4. The number of carbonyl (C=O) groups is 1. The maximum Gasteiger partial charge on any atom is 0.304 e. The number of nitrogens with one attached hydrogen (secondary N) is 1. The van der Waals surface area contributed by atoms with Crippen LogP contribution in [0.25, 0.3) is 0 Å². The van der Waals surface area contributed by atoms with E-state index < -0.39 is 12.0 Å². The molecule has 0 radical (unpaired) electrons. The van der Waals surface area contributed by atoms with Crippen LogP contribution in [-0.2, 0) is 10.2 Å². The van der Waals surface area contributed by atoms with Crippen molar-refractivity contribution in [2.45, 2.75) is 38.6 Å². The summed E-state index contributed by atoms with van der Waals surface area (Å²) < 4.78 is 0. The Morgan fingerprint density at radius 2 is 1.95 bits per heavy atom. The number of carboxylic acid groups (broad SMARTS) is 1. The molecule has 0 aliphatic rings. The number of benzene rings is 1. The van der Waals surface area contributed by atoms with Gasteiger partial charge in [-0.05, 0) is 16.5 Å². The molecule has 1 unspecified atom stereocenters. The Morgan fingerprint density at radius 1 is 1.37 bits per heavy atom. The Kier molecular flexibility index (Phi) is 5.08. The molecule has 0 aliphatic heterocycles. The second-order valence-corrected chi connectivity index (χ2v) is 5.53. The molecule has 1 aromatic rings. The molecule has 19 heavy (non-hydrogen) atoms. The molecule has 2 N–H and O–H groups in total. The topological polar surface area (TPSA) is 73.1 Å². The molecule has 1 aromatic carbocycles. The van der Waals surface area contributed by atoms with Gasteiger partial charge in [0, 0.05) is 6.54 Å². The van der Waals surface area contributed by atoms with Gasteiger partial charge in [-0.1, -0.05) is 45.0 Å². The van der Waals surface area contributed by atoms with E-state index in [1.54, 1.807) is 0 Å². The normalized spacial score (nSPS) is 12.7. The molecule has 4 nitrogen and oxygen atoms in total. The van der Waals surface area contributed by atoms with Gasteiger partial charge in [0.05, 0.1) is 12.5 Å². The molecular formula is C15H20N2O2. The monoisotopic (exact) mass is 260 g/mol. The lowest BCUT2D eigenvalue weighted by Crippen LogP contribution is -2.23. The van der Waals surface area contributed by atoms with Crippen molar-refractivity contribution in [2.75, 3.05) is 6.54 Å². The van der Waals surface area contributed by atoms with Gasteiger partial charge < -0.3 is 5.11 Å². The first kappa shape index (κ1) is 15.2. The molecule has 0 aromatic heterocycles. The Morgan fingerprint density at radius 3 is 2.37 bits per heavy atom. The highest BCUT2D eigenvalue weighted by atomic mass is 16.4. The number of nitriles is 1. The number of hydrogen-bond acceptors (Lipinski definition) is 3. The van der Waals surface area contributed by atoms with Crippen LogP contribution in [0.15, 0.2) is 24.3 Å². The second-order valence-electron chi connectivity index (χ2n) is 5.53. The van der Waals surface area contributed by atoms with E-state index in [0.717, 1.165) is 5.56 Å². The smallest absolute Gasteiger partial charge is 0.304 e. The van der Waals surface area contributed by atoms with Crippen molar-refractivity contribution in [3.63, 3.8) is 0 Å². The fourth-order valence-corrected chi connectivity index (χ4v) is 1.74. The lowest BCUT2D eigenvalue weighted by Gasteiger charge is -2.20. The molecule has 0 spiro atoms. The summed E-state index contributed by atoms with van der Waals surface area (Å²) in [6, 6.07) is 9.54. The fraction of sp³-hybridized carbons (Fsp3) is 0.467. The van der Waals surface area contributed by atoms with Crippen molar-refractivity contribution in [1.82, 2.24) is 5.32 Å². The minimum atomic E-state index is -0.868. The van der Waals surface area contributed by atoms with E-state index in [1.807, 2.05) is 24.3 Å². The highest BCUT2D eigenvalue weighted by Crippen LogP contribution is 2.23. The number of carboxylic acids is 1. The summed E-state index contributed by atoms with van der Waals surface area (Å²) in [6.45, 7) is 6.69. The van der Waals surface area contributed by atoms with Gasteiger partial charge in [0.1, 0.15) is 6.04 Å². The van der Waals surface area contributed by atoms with Gasteiger partial charge in [0.15, 0.2) is 0 Å². The van der Waals surface area contributed by atoms with Crippen LogP contribution in [0, 0.1) is 11.3 Å². The van der Waals surface area contributed by atoms with Crippen molar-refractivity contribution in [1.29, 1.82) is 5.26 Å². The molecule has 102 valence electrons. The molecule has 0 bridgehead atoms. The Bertz CT molecular complexity index is 466. The van der Waals surface area contributed by atoms with Crippen molar-refractivity contribution in [2.24, 2.45) is 0 Å². The Hall–Kier alpha value is -1.86. The van der Waals surface area contributed by atoms with Crippen molar-refractivity contribution >= 4 is 5.97 Å². The van der Waals surface area contributed by atoms with Crippen molar-refractivity contribution in [3.05, 3.63) is 35.4 Å². The molecule has 0 fully saturated rings. The Labute approximate surface area is 114 Å². The zero-order chi connectivity index (χ0) is 14.5. The molecule has 0 saturated carbocycles. The van der Waals surface area contributed by atoms with Crippen LogP contribution < -0.4 is 5.32 Å². The molecular weight excluding hydrogens is 240 g/mol. The summed E-state index contributed by atoms with van der Waals surface area (Å²) >= 11 is 0. The maximum atomic E-state index is 10.4. The zero-order valence-corrected chi connectivity index (χ0v) is 11.6. The first-order valence-electron chi connectivity index (χ1n) is 6.30. The van der Waals surface area contributed by atoms with Crippen LogP contribution in [0.2, 0.25) is 0 Å². The second kappa shape index (κ2) is 6.35. The predicted octanol–water partition coefficient (Wildman–Crippen LogP) is 2.61. The molecule has 0 aliphatic carbocycles. The third-order valence-corrected chi connectivity index (χ3v) is 2.93. The third kappa shape index (κ3) is 4.72. The molecule has 0 saturated heterocycles. The van der Waals surface area contributed by atoms with E-state index in [9.17, 15) is 4.79 Å². The van der Waals surface area contributed by atoms with E-state index in [4.69, 9.17) is 10.4 Å². The van der Waals surface area contributed by atoms with Gasteiger partial charge in [-0.3, -0.25) is 10.1 Å². The summed E-state index contributed by atoms with van der Waals surface area (Å²) in [5.74, 6) is -0.868. The minimum Gasteiger partial charge on any atom is -0.481 e. The average molecular weight is 260 g/mol. The highest BCUT2D eigenvalue weighted by molar-refractivity contribution is 5.66. The lowest BCUT2D eigenvalue weighted by molar-refractivity contribution is -0.136. The van der Waals surface area contributed by atoms with Crippen LogP contribution in [0.1, 0.15) is 44.4 Å². The number of hydrogen-bond donors (Lipinski definition) is 2. The summed E-state index contributed by atoms with van der Waals surface area (Å²) in [6.07, 6.45) is 0.0122. The van der Waals surface area contributed by atoms with E-state index in [2.05, 4.69) is 32.2 Å². The van der Waals surface area contributed by atoms with E-state index in [-0.39, 0.29) is 18.4 Å². The molecule has 4 heteroatoms. The first-order valence-corrected chi connectivity index (χ1v) is 6.30. The molecule has 1 atom stereocenters. The largest absolute Gasteiger partial charge is 0.481 e. The zero-order valence-electron chi connectivity index (χ0n) is 11.6.